The smallest absolute Gasteiger partial charge is 0.250 e. The molecule has 0 aromatic heterocycles. The van der Waals surface area contributed by atoms with Crippen LogP contribution in [0.15, 0.2) is 24.3 Å². The third kappa shape index (κ3) is 1.61. The molecule has 3 heterocycles. The van der Waals surface area contributed by atoms with Crippen LogP contribution in [-0.4, -0.2) is 34.7 Å². The van der Waals surface area contributed by atoms with E-state index in [1.54, 1.807) is 0 Å². The Morgan fingerprint density at radius 1 is 1.21 bits per heavy atom. The number of nitrogens with one attached hydrogen (secondary N) is 2. The summed E-state index contributed by atoms with van der Waals surface area (Å²) in [6.07, 6.45) is 0.703. The van der Waals surface area contributed by atoms with Gasteiger partial charge in [0.2, 0.25) is 17.7 Å². The van der Waals surface area contributed by atoms with Crippen molar-refractivity contribution in [3.05, 3.63) is 29.8 Å². The number of hydrogen-bond acceptors (Lipinski definition) is 4. The quantitative estimate of drug-likeness (QED) is 0.801. The number of anilines is 1. The van der Waals surface area contributed by atoms with Gasteiger partial charge in [0, 0.05) is 23.3 Å². The largest absolute Gasteiger partial charge is 0.324 e. The lowest BCUT2D eigenvalue weighted by atomic mass is 9.76. The van der Waals surface area contributed by atoms with Crippen molar-refractivity contribution in [2.45, 2.75) is 44.8 Å². The molecule has 0 saturated carbocycles. The highest BCUT2D eigenvalue weighted by atomic mass is 16.2. The number of benzene rings is 1. The SMILES string of the molecule is CC[C@H](C)N1C(=O)[C@@H]2[C@H](C)N[C@@]3(C(=O)Nc4ccccc43)[C@@H]2C1=O. The molecule has 126 valence electrons. The van der Waals surface area contributed by atoms with Crippen molar-refractivity contribution >= 4 is 23.4 Å². The van der Waals surface area contributed by atoms with Gasteiger partial charge in [0.25, 0.3) is 0 Å². The highest BCUT2D eigenvalue weighted by molar-refractivity contribution is 6.15. The molecular formula is C18H21N3O3. The highest BCUT2D eigenvalue weighted by Gasteiger charge is 2.69. The van der Waals surface area contributed by atoms with E-state index in [0.29, 0.717) is 12.1 Å². The van der Waals surface area contributed by atoms with Gasteiger partial charge >= 0.3 is 0 Å². The topological polar surface area (TPSA) is 78.5 Å². The molecule has 1 spiro atoms. The van der Waals surface area contributed by atoms with Crippen LogP contribution in [-0.2, 0) is 19.9 Å². The summed E-state index contributed by atoms with van der Waals surface area (Å²) in [5.74, 6) is -1.81. The van der Waals surface area contributed by atoms with E-state index in [-0.39, 0.29) is 29.8 Å². The maximum absolute atomic E-state index is 13.1. The second-order valence-corrected chi connectivity index (χ2v) is 7.05. The number of imide groups is 1. The van der Waals surface area contributed by atoms with Crippen LogP contribution < -0.4 is 10.6 Å². The van der Waals surface area contributed by atoms with Gasteiger partial charge < -0.3 is 5.32 Å². The molecule has 1 aromatic carbocycles. The molecule has 3 amide bonds. The summed E-state index contributed by atoms with van der Waals surface area (Å²) in [5.41, 5.74) is 0.335. The predicted molar refractivity (Wildman–Crippen MR) is 87.9 cm³/mol. The number of fused-ring (bicyclic) bond motifs is 4. The van der Waals surface area contributed by atoms with Crippen molar-refractivity contribution in [1.82, 2.24) is 10.2 Å². The number of carbonyl (C=O) groups excluding carboxylic acids is 3. The van der Waals surface area contributed by atoms with E-state index in [2.05, 4.69) is 10.6 Å². The van der Waals surface area contributed by atoms with E-state index in [1.165, 1.54) is 4.90 Å². The van der Waals surface area contributed by atoms with Crippen LogP contribution in [0.25, 0.3) is 0 Å². The number of amides is 3. The minimum absolute atomic E-state index is 0.153. The van der Waals surface area contributed by atoms with Crippen molar-refractivity contribution < 1.29 is 14.4 Å². The number of rotatable bonds is 2. The molecule has 24 heavy (non-hydrogen) atoms. The summed E-state index contributed by atoms with van der Waals surface area (Å²) in [4.78, 5) is 40.3. The zero-order valence-corrected chi connectivity index (χ0v) is 14.0. The molecule has 2 saturated heterocycles. The van der Waals surface area contributed by atoms with E-state index >= 15 is 0 Å². The van der Waals surface area contributed by atoms with Crippen LogP contribution in [0.1, 0.15) is 32.8 Å². The Morgan fingerprint density at radius 3 is 2.62 bits per heavy atom. The Hall–Kier alpha value is -2.21. The van der Waals surface area contributed by atoms with E-state index in [9.17, 15) is 14.4 Å². The van der Waals surface area contributed by atoms with E-state index < -0.39 is 17.4 Å². The van der Waals surface area contributed by atoms with Gasteiger partial charge in [0.1, 0.15) is 5.54 Å². The van der Waals surface area contributed by atoms with Crippen molar-refractivity contribution in [3.63, 3.8) is 0 Å². The summed E-state index contributed by atoms with van der Waals surface area (Å²) < 4.78 is 0. The van der Waals surface area contributed by atoms with Gasteiger partial charge in [-0.2, -0.15) is 0 Å². The second kappa shape index (κ2) is 4.89. The van der Waals surface area contributed by atoms with Gasteiger partial charge in [-0.3, -0.25) is 24.6 Å². The van der Waals surface area contributed by atoms with Crippen molar-refractivity contribution in [1.29, 1.82) is 0 Å². The number of para-hydroxylation sites is 1. The molecule has 6 nitrogen and oxygen atoms in total. The molecule has 2 N–H and O–H groups in total. The fourth-order valence-electron chi connectivity index (χ4n) is 4.56. The Kier molecular flexibility index (Phi) is 3.12. The molecule has 0 radical (unpaired) electrons. The van der Waals surface area contributed by atoms with E-state index in [4.69, 9.17) is 0 Å². The Morgan fingerprint density at radius 2 is 1.92 bits per heavy atom. The van der Waals surface area contributed by atoms with Crippen LogP contribution in [0, 0.1) is 11.8 Å². The van der Waals surface area contributed by atoms with Gasteiger partial charge in [-0.05, 0) is 26.3 Å². The lowest BCUT2D eigenvalue weighted by Crippen LogP contribution is -2.53. The van der Waals surface area contributed by atoms with Gasteiger partial charge in [-0.15, -0.1) is 0 Å². The van der Waals surface area contributed by atoms with Crippen molar-refractivity contribution in [3.8, 4) is 0 Å². The number of likely N-dealkylation sites (tertiary alicyclic amines) is 1. The van der Waals surface area contributed by atoms with Crippen molar-refractivity contribution in [2.75, 3.05) is 5.32 Å². The average molecular weight is 327 g/mol. The Balaban J connectivity index is 1.88. The summed E-state index contributed by atoms with van der Waals surface area (Å²) in [6, 6.07) is 7.00. The standard InChI is InChI=1S/C18H21N3O3/c1-4-9(2)21-15(22)13-10(3)20-18(14(13)16(21)23)11-7-5-6-8-12(11)19-17(18)24/h5-10,13-14,20H,4H2,1-3H3,(H,19,24)/t9-,10-,13+,14-,18+/m0/s1. The number of hydrogen-bond donors (Lipinski definition) is 2. The molecule has 2 fully saturated rings. The number of carbonyl (C=O) groups is 3. The third-order valence-electron chi connectivity index (χ3n) is 5.84. The fourth-order valence-corrected chi connectivity index (χ4v) is 4.56. The minimum atomic E-state index is -1.14. The second-order valence-electron chi connectivity index (χ2n) is 7.05. The minimum Gasteiger partial charge on any atom is -0.324 e. The predicted octanol–water partition coefficient (Wildman–Crippen LogP) is 1.23. The van der Waals surface area contributed by atoms with Crippen LogP contribution >= 0.6 is 0 Å². The maximum atomic E-state index is 13.1. The summed E-state index contributed by atoms with van der Waals surface area (Å²) >= 11 is 0. The monoisotopic (exact) mass is 327 g/mol. The number of nitrogens with zero attached hydrogens (tertiary/aromatic N) is 1. The third-order valence-corrected chi connectivity index (χ3v) is 5.84. The first-order chi connectivity index (χ1) is 11.4. The zero-order valence-electron chi connectivity index (χ0n) is 14.0. The lowest BCUT2D eigenvalue weighted by molar-refractivity contribution is -0.145. The molecule has 0 aliphatic carbocycles. The summed E-state index contributed by atoms with van der Waals surface area (Å²) in [5, 5.41) is 6.17. The van der Waals surface area contributed by atoms with Gasteiger partial charge in [-0.1, -0.05) is 25.1 Å². The van der Waals surface area contributed by atoms with Crippen LogP contribution in [0.5, 0.6) is 0 Å². The molecule has 3 aliphatic rings. The van der Waals surface area contributed by atoms with Gasteiger partial charge in [-0.25, -0.2) is 0 Å². The van der Waals surface area contributed by atoms with Crippen LogP contribution in [0.4, 0.5) is 5.69 Å². The Bertz CT molecular complexity index is 762. The Labute approximate surface area is 140 Å². The van der Waals surface area contributed by atoms with Gasteiger partial charge in [0.15, 0.2) is 0 Å². The molecule has 4 rings (SSSR count). The lowest BCUT2D eigenvalue weighted by Gasteiger charge is -2.30. The van der Waals surface area contributed by atoms with E-state index in [1.807, 2.05) is 45.0 Å². The van der Waals surface area contributed by atoms with E-state index in [0.717, 1.165) is 5.56 Å². The molecule has 5 atom stereocenters. The molecule has 0 bridgehead atoms. The fraction of sp³-hybridized carbons (Fsp3) is 0.500. The van der Waals surface area contributed by atoms with Crippen molar-refractivity contribution in [2.24, 2.45) is 11.8 Å². The molecular weight excluding hydrogens is 306 g/mol. The average Bonchev–Trinajstić information content (AvgIpc) is 3.12. The van der Waals surface area contributed by atoms with Crippen LogP contribution in [0.2, 0.25) is 0 Å². The maximum Gasteiger partial charge on any atom is 0.250 e. The van der Waals surface area contributed by atoms with Crippen LogP contribution in [0.3, 0.4) is 0 Å². The molecule has 1 aromatic rings. The summed E-state index contributed by atoms with van der Waals surface area (Å²) in [7, 11) is 0. The zero-order chi connectivity index (χ0) is 17.2. The molecule has 3 aliphatic heterocycles. The first-order valence-electron chi connectivity index (χ1n) is 8.49. The summed E-state index contributed by atoms with van der Waals surface area (Å²) in [6.45, 7) is 5.71. The molecule has 0 unspecified atom stereocenters. The first-order valence-corrected chi connectivity index (χ1v) is 8.49. The normalized spacial score (nSPS) is 35.4. The first kappa shape index (κ1) is 15.3. The molecule has 6 heteroatoms. The van der Waals surface area contributed by atoms with Gasteiger partial charge in [0.05, 0.1) is 11.8 Å². The highest BCUT2D eigenvalue weighted by Crippen LogP contribution is 2.52.